The molecule has 0 saturated heterocycles. The van der Waals surface area contributed by atoms with E-state index >= 15 is 0 Å². The molecular weight excluding hydrogens is 239 g/mol. The number of carbonyl (C=O) groups is 1. The third kappa shape index (κ3) is 2.45. The van der Waals surface area contributed by atoms with Crippen molar-refractivity contribution in [3.8, 4) is 5.75 Å². The van der Waals surface area contributed by atoms with Gasteiger partial charge in [0.15, 0.2) is 0 Å². The molecule has 1 heterocycles. The van der Waals surface area contributed by atoms with Gasteiger partial charge in [-0.2, -0.15) is 4.98 Å². The Bertz CT molecular complexity index is 582. The zero-order valence-corrected chi connectivity index (χ0v) is 9.82. The van der Waals surface area contributed by atoms with E-state index in [0.29, 0.717) is 11.6 Å². The summed E-state index contributed by atoms with van der Waals surface area (Å²) in [6, 6.07) is 3.97. The first-order valence-corrected chi connectivity index (χ1v) is 5.14. The number of halogens is 1. The van der Waals surface area contributed by atoms with E-state index in [4.69, 9.17) is 4.74 Å². The number of aryl methyl sites for hydroxylation is 1. The Kier molecular flexibility index (Phi) is 3.22. The zero-order chi connectivity index (χ0) is 13.1. The van der Waals surface area contributed by atoms with Gasteiger partial charge in [-0.25, -0.2) is 4.39 Å². The van der Waals surface area contributed by atoms with E-state index in [-0.39, 0.29) is 11.5 Å². The van der Waals surface area contributed by atoms with E-state index < -0.39 is 11.7 Å². The maximum atomic E-state index is 13.6. The van der Waals surface area contributed by atoms with Crippen LogP contribution in [0.3, 0.4) is 0 Å². The monoisotopic (exact) mass is 250 g/mol. The van der Waals surface area contributed by atoms with Crippen molar-refractivity contribution in [3.63, 3.8) is 0 Å². The number of nitrogens with one attached hydrogen (secondary N) is 2. The van der Waals surface area contributed by atoms with Crippen molar-refractivity contribution in [3.05, 3.63) is 35.4 Å². The van der Waals surface area contributed by atoms with Crippen LogP contribution in [0.5, 0.6) is 5.75 Å². The molecule has 6 nitrogen and oxygen atoms in total. The summed E-state index contributed by atoms with van der Waals surface area (Å²) in [5.41, 5.74) is -0.0988. The minimum atomic E-state index is -0.667. The Hall–Kier alpha value is -2.44. The number of H-pyrrole nitrogens is 1. The average Bonchev–Trinajstić information content (AvgIpc) is 2.74. The van der Waals surface area contributed by atoms with Gasteiger partial charge in [-0.3, -0.25) is 15.2 Å². The van der Waals surface area contributed by atoms with Gasteiger partial charge in [0.1, 0.15) is 17.4 Å². The van der Waals surface area contributed by atoms with Gasteiger partial charge in [0, 0.05) is 6.07 Å². The summed E-state index contributed by atoms with van der Waals surface area (Å²) in [4.78, 5) is 15.7. The SMILES string of the molecule is COc1ccc(C(=O)Nc2n[nH]c(C)n2)c(F)c1. The van der Waals surface area contributed by atoms with Crippen LogP contribution in [0.25, 0.3) is 0 Å². The Labute approximate surface area is 102 Å². The summed E-state index contributed by atoms with van der Waals surface area (Å²) in [5.74, 6) is -0.278. The standard InChI is InChI=1S/C11H11FN4O2/c1-6-13-11(16-15-6)14-10(17)8-4-3-7(18-2)5-9(8)12/h3-5H,1-2H3,(H2,13,14,15,16,17). The molecule has 1 aromatic heterocycles. The van der Waals surface area contributed by atoms with E-state index in [2.05, 4.69) is 20.5 Å². The minimum absolute atomic E-state index is 0.0988. The number of aromatic nitrogens is 3. The summed E-state index contributed by atoms with van der Waals surface area (Å²) in [6.45, 7) is 1.69. The number of hydrogen-bond acceptors (Lipinski definition) is 4. The van der Waals surface area contributed by atoms with Crippen LogP contribution in [-0.4, -0.2) is 28.2 Å². The molecule has 0 aliphatic carbocycles. The number of nitrogens with zero attached hydrogens (tertiary/aromatic N) is 2. The van der Waals surface area contributed by atoms with E-state index in [1.807, 2.05) is 0 Å². The molecule has 2 rings (SSSR count). The number of anilines is 1. The molecule has 2 N–H and O–H groups in total. The van der Waals surface area contributed by atoms with E-state index in [9.17, 15) is 9.18 Å². The van der Waals surface area contributed by atoms with Crippen molar-refractivity contribution in [1.82, 2.24) is 15.2 Å². The van der Waals surface area contributed by atoms with Crippen molar-refractivity contribution in [2.24, 2.45) is 0 Å². The third-order valence-corrected chi connectivity index (χ3v) is 2.24. The number of carbonyl (C=O) groups excluding carboxylic acids is 1. The van der Waals surface area contributed by atoms with Gasteiger partial charge in [0.2, 0.25) is 5.95 Å². The lowest BCUT2D eigenvalue weighted by molar-refractivity contribution is 0.102. The average molecular weight is 250 g/mol. The minimum Gasteiger partial charge on any atom is -0.497 e. The predicted molar refractivity (Wildman–Crippen MR) is 62.0 cm³/mol. The van der Waals surface area contributed by atoms with Gasteiger partial charge in [0.05, 0.1) is 12.7 Å². The molecule has 0 spiro atoms. The highest BCUT2D eigenvalue weighted by Crippen LogP contribution is 2.16. The second-order valence-corrected chi connectivity index (χ2v) is 3.54. The van der Waals surface area contributed by atoms with Gasteiger partial charge >= 0.3 is 0 Å². The number of benzene rings is 1. The van der Waals surface area contributed by atoms with Crippen LogP contribution < -0.4 is 10.1 Å². The van der Waals surface area contributed by atoms with Crippen LogP contribution in [0.1, 0.15) is 16.2 Å². The predicted octanol–water partition coefficient (Wildman–Crippen LogP) is 1.51. The molecule has 0 atom stereocenters. The summed E-state index contributed by atoms with van der Waals surface area (Å²) in [6.07, 6.45) is 0. The van der Waals surface area contributed by atoms with Gasteiger partial charge in [-0.05, 0) is 19.1 Å². The summed E-state index contributed by atoms with van der Waals surface area (Å²) < 4.78 is 18.5. The first-order valence-electron chi connectivity index (χ1n) is 5.14. The second kappa shape index (κ2) is 4.82. The summed E-state index contributed by atoms with van der Waals surface area (Å²) in [5, 5.41) is 8.68. The van der Waals surface area contributed by atoms with Gasteiger partial charge in [-0.15, -0.1) is 5.10 Å². The molecule has 1 aromatic carbocycles. The van der Waals surface area contributed by atoms with Crippen LogP contribution in [0.4, 0.5) is 10.3 Å². The number of ether oxygens (including phenoxy) is 1. The topological polar surface area (TPSA) is 79.9 Å². The Balaban J connectivity index is 2.18. The molecule has 94 valence electrons. The molecular formula is C11H11FN4O2. The summed E-state index contributed by atoms with van der Waals surface area (Å²) >= 11 is 0. The molecule has 0 aliphatic rings. The lowest BCUT2D eigenvalue weighted by atomic mass is 10.2. The van der Waals surface area contributed by atoms with E-state index in [1.54, 1.807) is 6.92 Å². The molecule has 7 heteroatoms. The van der Waals surface area contributed by atoms with Crippen LogP contribution in [0.2, 0.25) is 0 Å². The number of aromatic amines is 1. The number of methoxy groups -OCH3 is 1. The van der Waals surface area contributed by atoms with Crippen molar-refractivity contribution < 1.29 is 13.9 Å². The quantitative estimate of drug-likeness (QED) is 0.865. The van der Waals surface area contributed by atoms with E-state index in [1.165, 1.54) is 19.2 Å². The van der Waals surface area contributed by atoms with Crippen molar-refractivity contribution in [2.45, 2.75) is 6.92 Å². The maximum absolute atomic E-state index is 13.6. The molecule has 0 aliphatic heterocycles. The first-order chi connectivity index (χ1) is 8.60. The highest BCUT2D eigenvalue weighted by molar-refractivity contribution is 6.03. The first kappa shape index (κ1) is 12.0. The van der Waals surface area contributed by atoms with Crippen LogP contribution in [0, 0.1) is 12.7 Å². The maximum Gasteiger partial charge on any atom is 0.261 e. The fourth-order valence-electron chi connectivity index (χ4n) is 1.37. The van der Waals surface area contributed by atoms with Crippen molar-refractivity contribution >= 4 is 11.9 Å². The Morgan fingerprint density at radius 3 is 2.83 bits per heavy atom. The Morgan fingerprint density at radius 1 is 1.50 bits per heavy atom. The molecule has 18 heavy (non-hydrogen) atoms. The molecule has 0 unspecified atom stereocenters. The van der Waals surface area contributed by atoms with Gasteiger partial charge in [0.25, 0.3) is 5.91 Å². The van der Waals surface area contributed by atoms with Crippen molar-refractivity contribution in [1.29, 1.82) is 0 Å². The van der Waals surface area contributed by atoms with Crippen molar-refractivity contribution in [2.75, 3.05) is 12.4 Å². The lowest BCUT2D eigenvalue weighted by Gasteiger charge is -2.04. The fraction of sp³-hybridized carbons (Fsp3) is 0.182. The second-order valence-electron chi connectivity index (χ2n) is 3.54. The highest BCUT2D eigenvalue weighted by atomic mass is 19.1. The molecule has 1 amide bonds. The largest absolute Gasteiger partial charge is 0.497 e. The zero-order valence-electron chi connectivity index (χ0n) is 9.82. The smallest absolute Gasteiger partial charge is 0.261 e. The number of hydrogen-bond donors (Lipinski definition) is 2. The van der Waals surface area contributed by atoms with Crippen LogP contribution in [0.15, 0.2) is 18.2 Å². The third-order valence-electron chi connectivity index (χ3n) is 2.24. The lowest BCUT2D eigenvalue weighted by Crippen LogP contribution is -2.14. The van der Waals surface area contributed by atoms with Gasteiger partial charge in [-0.1, -0.05) is 0 Å². The molecule has 0 radical (unpaired) electrons. The summed E-state index contributed by atoms with van der Waals surface area (Å²) in [7, 11) is 1.42. The Morgan fingerprint density at radius 2 is 2.28 bits per heavy atom. The van der Waals surface area contributed by atoms with Crippen LogP contribution in [-0.2, 0) is 0 Å². The normalized spacial score (nSPS) is 10.2. The molecule has 0 fully saturated rings. The number of amides is 1. The van der Waals surface area contributed by atoms with E-state index in [0.717, 1.165) is 6.07 Å². The van der Waals surface area contributed by atoms with Gasteiger partial charge < -0.3 is 4.74 Å². The molecule has 2 aromatic rings. The number of rotatable bonds is 3. The highest BCUT2D eigenvalue weighted by Gasteiger charge is 2.14. The molecule has 0 saturated carbocycles. The molecule has 0 bridgehead atoms. The fourth-order valence-corrected chi connectivity index (χ4v) is 1.37. The van der Waals surface area contributed by atoms with Crippen LogP contribution >= 0.6 is 0 Å².